The van der Waals surface area contributed by atoms with Crippen LogP contribution in [0.5, 0.6) is 11.6 Å². The minimum Gasteiger partial charge on any atom is -0.508 e. The van der Waals surface area contributed by atoms with Gasteiger partial charge in [-0.25, -0.2) is 4.68 Å². The number of nitrogens with zero attached hydrogens (tertiary/aromatic N) is 3. The summed E-state index contributed by atoms with van der Waals surface area (Å²) in [6.45, 7) is 1.86. The first-order valence-corrected chi connectivity index (χ1v) is 8.59. The molecule has 4 rings (SSSR count). The first kappa shape index (κ1) is 17.0. The van der Waals surface area contributed by atoms with E-state index in [1.165, 1.54) is 0 Å². The molecule has 0 fully saturated rings. The van der Waals surface area contributed by atoms with Crippen LogP contribution in [0.1, 0.15) is 22.7 Å². The molecule has 1 atom stereocenters. The summed E-state index contributed by atoms with van der Waals surface area (Å²) in [4.78, 5) is 0. The molecule has 0 spiro atoms. The third-order valence-corrected chi connectivity index (χ3v) is 4.78. The number of aryl methyl sites for hydroxylation is 1. The Hall–Kier alpha value is -3.43. The largest absolute Gasteiger partial charge is 0.508 e. The van der Waals surface area contributed by atoms with Gasteiger partial charge in [0.1, 0.15) is 17.4 Å². The highest BCUT2D eigenvalue weighted by Crippen LogP contribution is 2.44. The van der Waals surface area contributed by atoms with Crippen molar-refractivity contribution in [2.45, 2.75) is 12.8 Å². The van der Waals surface area contributed by atoms with Crippen molar-refractivity contribution in [3.63, 3.8) is 0 Å². The van der Waals surface area contributed by atoms with Gasteiger partial charge in [0, 0.05) is 5.02 Å². The van der Waals surface area contributed by atoms with Crippen molar-refractivity contribution in [3.8, 4) is 23.4 Å². The van der Waals surface area contributed by atoms with Gasteiger partial charge in [0.05, 0.1) is 22.9 Å². The molecule has 1 aliphatic rings. The van der Waals surface area contributed by atoms with E-state index in [9.17, 15) is 10.4 Å². The Labute approximate surface area is 160 Å². The van der Waals surface area contributed by atoms with Gasteiger partial charge in [-0.1, -0.05) is 23.7 Å². The van der Waals surface area contributed by atoms with Crippen molar-refractivity contribution in [1.82, 2.24) is 9.78 Å². The average molecular weight is 379 g/mol. The fraction of sp³-hybridized carbons (Fsp3) is 0.100. The maximum atomic E-state index is 9.66. The smallest absolute Gasteiger partial charge is 0.229 e. The summed E-state index contributed by atoms with van der Waals surface area (Å²) in [6, 6.07) is 16.0. The van der Waals surface area contributed by atoms with Crippen LogP contribution in [-0.2, 0) is 0 Å². The fourth-order valence-electron chi connectivity index (χ4n) is 3.27. The Bertz CT molecular complexity index is 1090. The Morgan fingerprint density at radius 2 is 1.85 bits per heavy atom. The molecule has 0 saturated carbocycles. The van der Waals surface area contributed by atoms with Gasteiger partial charge in [-0.3, -0.25) is 0 Å². The summed E-state index contributed by atoms with van der Waals surface area (Å²) >= 11 is 5.98. The topological polar surface area (TPSA) is 97.1 Å². The van der Waals surface area contributed by atoms with Crippen molar-refractivity contribution in [3.05, 3.63) is 81.8 Å². The second-order valence-electron chi connectivity index (χ2n) is 6.21. The predicted molar refractivity (Wildman–Crippen MR) is 101 cm³/mol. The normalized spacial score (nSPS) is 15.8. The number of hydrogen-bond donors (Lipinski definition) is 2. The highest BCUT2D eigenvalue weighted by molar-refractivity contribution is 6.30. The summed E-state index contributed by atoms with van der Waals surface area (Å²) in [5.41, 5.74) is 9.44. The zero-order chi connectivity index (χ0) is 19.1. The molecule has 0 radical (unpaired) electrons. The van der Waals surface area contributed by atoms with Gasteiger partial charge in [0.15, 0.2) is 0 Å². The van der Waals surface area contributed by atoms with Gasteiger partial charge in [-0.05, 0) is 48.9 Å². The Morgan fingerprint density at radius 1 is 1.19 bits per heavy atom. The number of hydrogen-bond acceptors (Lipinski definition) is 5. The van der Waals surface area contributed by atoms with Crippen LogP contribution in [0.4, 0.5) is 0 Å². The first-order valence-electron chi connectivity index (χ1n) is 8.21. The van der Waals surface area contributed by atoms with Crippen LogP contribution in [0.15, 0.2) is 60.0 Å². The molecule has 1 aromatic heterocycles. The Kier molecular flexibility index (Phi) is 4.02. The number of aromatic nitrogens is 2. The van der Waals surface area contributed by atoms with Gasteiger partial charge in [-0.15, -0.1) is 0 Å². The van der Waals surface area contributed by atoms with Crippen LogP contribution in [-0.4, -0.2) is 14.9 Å². The molecule has 27 heavy (non-hydrogen) atoms. The van der Waals surface area contributed by atoms with Crippen molar-refractivity contribution in [2.75, 3.05) is 0 Å². The minimum absolute atomic E-state index is 0.0400. The lowest BCUT2D eigenvalue weighted by molar-refractivity contribution is 0.367. The molecule has 2 heterocycles. The van der Waals surface area contributed by atoms with Gasteiger partial charge < -0.3 is 15.6 Å². The third-order valence-electron chi connectivity index (χ3n) is 4.53. The monoisotopic (exact) mass is 378 g/mol. The third kappa shape index (κ3) is 2.78. The Balaban J connectivity index is 1.93. The maximum Gasteiger partial charge on any atom is 0.229 e. The summed E-state index contributed by atoms with van der Waals surface area (Å²) < 4.78 is 7.45. The van der Waals surface area contributed by atoms with Crippen LogP contribution >= 0.6 is 11.6 Å². The predicted octanol–water partition coefficient (Wildman–Crippen LogP) is 3.76. The number of nitriles is 1. The standard InChI is InChI=1S/C20H15ClN4O2/c1-11-17-18(12-2-8-15(26)9-3-12)16(10-22)19(23)27-20(17)25(24-11)14-6-4-13(21)5-7-14/h2-9,18,26H,23H2,1H3. The lowest BCUT2D eigenvalue weighted by atomic mass is 9.84. The van der Waals surface area contributed by atoms with Crippen LogP contribution in [0.25, 0.3) is 5.69 Å². The number of benzene rings is 2. The first-order chi connectivity index (χ1) is 13.0. The zero-order valence-corrected chi connectivity index (χ0v) is 15.1. The lowest BCUT2D eigenvalue weighted by Gasteiger charge is -2.24. The highest BCUT2D eigenvalue weighted by atomic mass is 35.5. The number of phenolic OH excluding ortho intramolecular Hbond substituents is 1. The zero-order valence-electron chi connectivity index (χ0n) is 14.3. The van der Waals surface area contributed by atoms with E-state index in [1.54, 1.807) is 41.1 Å². The molecular formula is C20H15ClN4O2. The van der Waals surface area contributed by atoms with Crippen LogP contribution in [0.3, 0.4) is 0 Å². The maximum absolute atomic E-state index is 9.66. The van der Waals surface area contributed by atoms with Gasteiger partial charge in [0.2, 0.25) is 11.8 Å². The van der Waals surface area contributed by atoms with E-state index in [0.717, 1.165) is 22.5 Å². The van der Waals surface area contributed by atoms with E-state index in [1.807, 2.05) is 19.1 Å². The van der Waals surface area contributed by atoms with E-state index in [0.29, 0.717) is 16.5 Å². The summed E-state index contributed by atoms with van der Waals surface area (Å²) in [7, 11) is 0. The highest BCUT2D eigenvalue weighted by Gasteiger charge is 2.36. The number of allylic oxidation sites excluding steroid dienone is 1. The molecule has 3 aromatic rings. The van der Waals surface area contributed by atoms with E-state index in [2.05, 4.69) is 11.2 Å². The van der Waals surface area contributed by atoms with Crippen molar-refractivity contribution in [1.29, 1.82) is 5.26 Å². The van der Waals surface area contributed by atoms with Crippen molar-refractivity contribution >= 4 is 11.6 Å². The van der Waals surface area contributed by atoms with Crippen molar-refractivity contribution in [2.24, 2.45) is 5.73 Å². The number of phenols is 1. The van der Waals surface area contributed by atoms with E-state index in [4.69, 9.17) is 22.1 Å². The van der Waals surface area contributed by atoms with E-state index >= 15 is 0 Å². The number of nitrogens with two attached hydrogens (primary N) is 1. The quantitative estimate of drug-likeness (QED) is 0.707. The van der Waals surface area contributed by atoms with Crippen LogP contribution in [0, 0.1) is 18.3 Å². The summed E-state index contributed by atoms with van der Waals surface area (Å²) in [5.74, 6) is 0.220. The van der Waals surface area contributed by atoms with E-state index in [-0.39, 0.29) is 11.6 Å². The van der Waals surface area contributed by atoms with Gasteiger partial charge in [0.25, 0.3) is 0 Å². The SMILES string of the molecule is Cc1nn(-c2ccc(Cl)cc2)c2c1C(c1ccc(O)cc1)C(C#N)=C(N)O2. The number of ether oxygens (including phenoxy) is 1. The molecular weight excluding hydrogens is 364 g/mol. The average Bonchev–Trinajstić information content (AvgIpc) is 2.98. The fourth-order valence-corrected chi connectivity index (χ4v) is 3.40. The number of rotatable bonds is 2. The molecule has 0 bridgehead atoms. The molecule has 6 nitrogen and oxygen atoms in total. The lowest BCUT2D eigenvalue weighted by Crippen LogP contribution is -2.22. The number of fused-ring (bicyclic) bond motifs is 1. The number of halogens is 1. The molecule has 0 aliphatic carbocycles. The second-order valence-corrected chi connectivity index (χ2v) is 6.65. The van der Waals surface area contributed by atoms with Gasteiger partial charge >= 0.3 is 0 Å². The number of aromatic hydroxyl groups is 1. The molecule has 1 aliphatic heterocycles. The second kappa shape index (κ2) is 6.38. The molecule has 1 unspecified atom stereocenters. The minimum atomic E-state index is -0.430. The molecule has 2 aromatic carbocycles. The summed E-state index contributed by atoms with van der Waals surface area (Å²) in [6.07, 6.45) is 0. The van der Waals surface area contributed by atoms with Crippen molar-refractivity contribution < 1.29 is 9.84 Å². The molecule has 0 saturated heterocycles. The Morgan fingerprint density at radius 3 is 2.48 bits per heavy atom. The van der Waals surface area contributed by atoms with Gasteiger partial charge in [-0.2, -0.15) is 10.4 Å². The molecule has 134 valence electrons. The summed E-state index contributed by atoms with van der Waals surface area (Å²) in [5, 5.41) is 24.5. The molecule has 7 heteroatoms. The van der Waals surface area contributed by atoms with Crippen LogP contribution < -0.4 is 10.5 Å². The van der Waals surface area contributed by atoms with E-state index < -0.39 is 5.92 Å². The van der Waals surface area contributed by atoms with Crippen LogP contribution in [0.2, 0.25) is 5.02 Å². The molecule has 0 amide bonds. The molecule has 3 N–H and O–H groups in total.